The highest BCUT2D eigenvalue weighted by Crippen LogP contribution is 2.21. The van der Waals surface area contributed by atoms with Crippen molar-refractivity contribution in [3.8, 4) is 0 Å². The van der Waals surface area contributed by atoms with Gasteiger partial charge in [0.25, 0.3) is 5.69 Å². The molecule has 1 atom stereocenters. The van der Waals surface area contributed by atoms with E-state index in [1.54, 1.807) is 13.2 Å². The normalized spacial score (nSPS) is 11.8. The fourth-order valence-electron chi connectivity index (χ4n) is 1.72. The highest BCUT2D eigenvalue weighted by atomic mass is 16.6. The van der Waals surface area contributed by atoms with Crippen molar-refractivity contribution in [2.24, 2.45) is 7.05 Å². The van der Waals surface area contributed by atoms with E-state index in [0.717, 1.165) is 0 Å². The van der Waals surface area contributed by atoms with Crippen LogP contribution in [0.15, 0.2) is 36.7 Å². The van der Waals surface area contributed by atoms with Gasteiger partial charge >= 0.3 is 5.97 Å². The molecule has 0 spiro atoms. The molecule has 1 aromatic carbocycles. The molecule has 0 bridgehead atoms. The van der Waals surface area contributed by atoms with Gasteiger partial charge in [-0.05, 0) is 12.1 Å². The minimum atomic E-state index is -1.06. The van der Waals surface area contributed by atoms with Crippen molar-refractivity contribution < 1.29 is 14.8 Å². The van der Waals surface area contributed by atoms with Gasteiger partial charge < -0.3 is 10.4 Å². The lowest BCUT2D eigenvalue weighted by Crippen LogP contribution is -2.20. The largest absolute Gasteiger partial charge is 0.479 e. The summed E-state index contributed by atoms with van der Waals surface area (Å²) in [6.45, 7) is 0. The Labute approximate surface area is 113 Å². The Morgan fingerprint density at radius 2 is 2.10 bits per heavy atom. The number of aryl methyl sites for hydroxylation is 1. The molecular formula is C12H12N4O4. The molecule has 2 N–H and O–H groups in total. The van der Waals surface area contributed by atoms with Crippen LogP contribution < -0.4 is 5.32 Å². The lowest BCUT2D eigenvalue weighted by Gasteiger charge is -2.13. The number of non-ortho nitro benzene ring substituents is 1. The van der Waals surface area contributed by atoms with Crippen molar-refractivity contribution in [3.05, 3.63) is 52.3 Å². The summed E-state index contributed by atoms with van der Waals surface area (Å²) in [5, 5.41) is 26.5. The predicted molar refractivity (Wildman–Crippen MR) is 70.3 cm³/mol. The number of nitro benzene ring substituents is 1. The van der Waals surface area contributed by atoms with Gasteiger partial charge in [0.15, 0.2) is 6.04 Å². The quantitative estimate of drug-likeness (QED) is 0.633. The van der Waals surface area contributed by atoms with E-state index in [1.807, 2.05) is 0 Å². The molecule has 0 saturated carbocycles. The van der Waals surface area contributed by atoms with E-state index in [4.69, 9.17) is 0 Å². The molecule has 0 aliphatic rings. The molecule has 0 amide bonds. The van der Waals surface area contributed by atoms with Gasteiger partial charge in [0.1, 0.15) is 0 Å². The Balaban J connectivity index is 2.20. The molecule has 0 aliphatic heterocycles. The fourth-order valence-corrected chi connectivity index (χ4v) is 1.72. The molecular weight excluding hydrogens is 264 g/mol. The maximum Gasteiger partial charge on any atom is 0.330 e. The molecule has 8 heteroatoms. The Hall–Kier alpha value is -2.90. The standard InChI is InChI=1S/C12H12N4O4/c1-15-7-8(6-13-15)11(12(17)18)14-9-2-4-10(5-3-9)16(19)20/h2-7,11,14H,1H3,(H,17,18). The number of nitro groups is 1. The second-order valence-corrected chi connectivity index (χ2v) is 4.17. The number of nitrogens with zero attached hydrogens (tertiary/aromatic N) is 3. The van der Waals surface area contributed by atoms with Gasteiger partial charge in [0.05, 0.1) is 11.1 Å². The zero-order valence-corrected chi connectivity index (χ0v) is 10.6. The molecule has 0 fully saturated rings. The highest BCUT2D eigenvalue weighted by molar-refractivity contribution is 5.79. The average Bonchev–Trinajstić information content (AvgIpc) is 2.82. The zero-order chi connectivity index (χ0) is 14.7. The summed E-state index contributed by atoms with van der Waals surface area (Å²) in [5.41, 5.74) is 0.925. The van der Waals surface area contributed by atoms with E-state index >= 15 is 0 Å². The smallest absolute Gasteiger partial charge is 0.330 e. The highest BCUT2D eigenvalue weighted by Gasteiger charge is 2.21. The topological polar surface area (TPSA) is 110 Å². The van der Waals surface area contributed by atoms with Gasteiger partial charge in [0.2, 0.25) is 0 Å². The molecule has 1 unspecified atom stereocenters. The van der Waals surface area contributed by atoms with Crippen LogP contribution in [0, 0.1) is 10.1 Å². The van der Waals surface area contributed by atoms with Crippen molar-refractivity contribution in [3.63, 3.8) is 0 Å². The van der Waals surface area contributed by atoms with Crippen molar-refractivity contribution in [1.29, 1.82) is 0 Å². The predicted octanol–water partition coefficient (Wildman–Crippen LogP) is 1.57. The van der Waals surface area contributed by atoms with Crippen molar-refractivity contribution in [2.45, 2.75) is 6.04 Å². The summed E-state index contributed by atoms with van der Waals surface area (Å²) in [7, 11) is 1.69. The molecule has 0 saturated heterocycles. The van der Waals surface area contributed by atoms with Crippen molar-refractivity contribution >= 4 is 17.3 Å². The number of nitrogens with one attached hydrogen (secondary N) is 1. The number of rotatable bonds is 5. The first-order valence-electron chi connectivity index (χ1n) is 5.69. The molecule has 2 rings (SSSR count). The third-order valence-corrected chi connectivity index (χ3v) is 2.69. The number of anilines is 1. The first-order chi connectivity index (χ1) is 9.47. The number of hydrogen-bond donors (Lipinski definition) is 2. The summed E-state index contributed by atoms with van der Waals surface area (Å²) in [6.07, 6.45) is 3.05. The lowest BCUT2D eigenvalue weighted by molar-refractivity contribution is -0.384. The molecule has 20 heavy (non-hydrogen) atoms. The molecule has 2 aromatic rings. The Kier molecular flexibility index (Phi) is 3.65. The van der Waals surface area contributed by atoms with E-state index in [-0.39, 0.29) is 5.69 Å². The SMILES string of the molecule is Cn1cc(C(Nc2ccc([N+](=O)[O-])cc2)C(=O)O)cn1. The maximum absolute atomic E-state index is 11.3. The molecule has 8 nitrogen and oxygen atoms in total. The second kappa shape index (κ2) is 5.39. The molecule has 104 valence electrons. The number of aliphatic carboxylic acids is 1. The van der Waals surface area contributed by atoms with Crippen LogP contribution in [0.4, 0.5) is 11.4 Å². The third-order valence-electron chi connectivity index (χ3n) is 2.69. The number of hydrogen-bond acceptors (Lipinski definition) is 5. The van der Waals surface area contributed by atoms with Gasteiger partial charge in [-0.25, -0.2) is 4.79 Å². The first kappa shape index (κ1) is 13.5. The first-order valence-corrected chi connectivity index (χ1v) is 5.69. The minimum Gasteiger partial charge on any atom is -0.479 e. The third kappa shape index (κ3) is 2.91. The summed E-state index contributed by atoms with van der Waals surface area (Å²) in [6, 6.07) is 4.58. The van der Waals surface area contributed by atoms with Crippen molar-refractivity contribution in [1.82, 2.24) is 9.78 Å². The van der Waals surface area contributed by atoms with E-state index in [0.29, 0.717) is 11.3 Å². The van der Waals surface area contributed by atoms with Gasteiger partial charge in [-0.3, -0.25) is 14.8 Å². The number of carboxylic acid groups (broad SMARTS) is 1. The van der Waals surface area contributed by atoms with Crippen LogP contribution >= 0.6 is 0 Å². The Morgan fingerprint density at radius 1 is 1.45 bits per heavy atom. The van der Waals surface area contributed by atoms with Crippen LogP contribution in [0.25, 0.3) is 0 Å². The average molecular weight is 276 g/mol. The van der Waals surface area contributed by atoms with E-state index in [9.17, 15) is 20.0 Å². The molecule has 0 aliphatic carbocycles. The van der Waals surface area contributed by atoms with Crippen LogP contribution in [0.5, 0.6) is 0 Å². The van der Waals surface area contributed by atoms with Gasteiger partial charge in [0, 0.05) is 36.6 Å². The second-order valence-electron chi connectivity index (χ2n) is 4.17. The van der Waals surface area contributed by atoms with Crippen LogP contribution in [0.3, 0.4) is 0 Å². The van der Waals surface area contributed by atoms with Crippen LogP contribution in [-0.4, -0.2) is 25.8 Å². The van der Waals surface area contributed by atoms with E-state index in [1.165, 1.54) is 35.1 Å². The van der Waals surface area contributed by atoms with Gasteiger partial charge in [-0.1, -0.05) is 0 Å². The lowest BCUT2D eigenvalue weighted by atomic mass is 10.1. The number of carbonyl (C=O) groups is 1. The number of aromatic nitrogens is 2. The van der Waals surface area contributed by atoms with Gasteiger partial charge in [-0.2, -0.15) is 5.10 Å². The van der Waals surface area contributed by atoms with E-state index in [2.05, 4.69) is 10.4 Å². The number of benzene rings is 1. The summed E-state index contributed by atoms with van der Waals surface area (Å²) in [5.74, 6) is -1.06. The van der Waals surface area contributed by atoms with E-state index < -0.39 is 16.9 Å². The molecule has 1 aromatic heterocycles. The minimum absolute atomic E-state index is 0.0520. The summed E-state index contributed by atoms with van der Waals surface area (Å²) >= 11 is 0. The van der Waals surface area contributed by atoms with Crippen LogP contribution in [0.2, 0.25) is 0 Å². The van der Waals surface area contributed by atoms with Gasteiger partial charge in [-0.15, -0.1) is 0 Å². The van der Waals surface area contributed by atoms with Crippen LogP contribution in [-0.2, 0) is 11.8 Å². The van der Waals surface area contributed by atoms with Crippen LogP contribution in [0.1, 0.15) is 11.6 Å². The fraction of sp³-hybridized carbons (Fsp3) is 0.167. The Bertz CT molecular complexity index is 635. The zero-order valence-electron chi connectivity index (χ0n) is 10.6. The molecule has 0 radical (unpaired) electrons. The van der Waals surface area contributed by atoms with Crippen molar-refractivity contribution in [2.75, 3.05) is 5.32 Å². The monoisotopic (exact) mass is 276 g/mol. The summed E-state index contributed by atoms with van der Waals surface area (Å²) in [4.78, 5) is 21.3. The number of carboxylic acids is 1. The summed E-state index contributed by atoms with van der Waals surface area (Å²) < 4.78 is 1.50. The maximum atomic E-state index is 11.3. The molecule has 1 heterocycles. The Morgan fingerprint density at radius 3 is 2.55 bits per heavy atom.